The number of fused-ring (bicyclic) bond motifs is 3. The van der Waals surface area contributed by atoms with Crippen LogP contribution in [0.1, 0.15) is 11.4 Å². The molecule has 70 valence electrons. The van der Waals surface area contributed by atoms with Crippen molar-refractivity contribution in [1.82, 2.24) is 9.38 Å². The number of nitrogens with zero attached hydrogens (tertiary/aromatic N) is 2. The molecule has 0 aliphatic rings. The van der Waals surface area contributed by atoms with Crippen LogP contribution < -0.4 is 0 Å². The zero-order valence-corrected chi connectivity index (χ0v) is 8.11. The summed E-state index contributed by atoms with van der Waals surface area (Å²) in [6, 6.07) is 7.97. The van der Waals surface area contributed by atoms with E-state index in [0.29, 0.717) is 5.84 Å². The van der Waals surface area contributed by atoms with E-state index in [1.165, 1.54) is 0 Å². The Morgan fingerprint density at radius 3 is 2.86 bits per heavy atom. The minimum Gasteiger partial charge on any atom is -0.423 e. The topological polar surface area (TPSA) is 30.4 Å². The molecular formula is C11H10N2O. The quantitative estimate of drug-likeness (QED) is 0.540. The molecule has 0 saturated carbocycles. The predicted molar refractivity (Wildman–Crippen MR) is 54.4 cm³/mol. The van der Waals surface area contributed by atoms with Crippen LogP contribution in [0.3, 0.4) is 0 Å². The third-order valence-electron chi connectivity index (χ3n) is 2.62. The van der Waals surface area contributed by atoms with Gasteiger partial charge in [-0.25, -0.2) is 0 Å². The number of hydrogen-bond donors (Lipinski definition) is 0. The average Bonchev–Trinajstić information content (AvgIpc) is 2.65. The van der Waals surface area contributed by atoms with Crippen LogP contribution in [0.2, 0.25) is 0 Å². The van der Waals surface area contributed by atoms with Crippen LogP contribution in [0.4, 0.5) is 0 Å². The molecule has 1 aromatic carbocycles. The molecule has 2 aromatic heterocycles. The summed E-state index contributed by atoms with van der Waals surface area (Å²) in [4.78, 5) is 4.35. The van der Waals surface area contributed by atoms with Crippen LogP contribution in [0.25, 0.3) is 16.9 Å². The highest BCUT2D eigenvalue weighted by Gasteiger charge is 2.11. The second-order valence-corrected chi connectivity index (χ2v) is 3.47. The molecule has 3 nitrogen and oxygen atoms in total. The Balaban J connectivity index is 2.62. The lowest BCUT2D eigenvalue weighted by atomic mass is 10.3. The van der Waals surface area contributed by atoms with Crippen LogP contribution in [0, 0.1) is 13.8 Å². The van der Waals surface area contributed by atoms with E-state index in [9.17, 15) is 0 Å². The summed E-state index contributed by atoms with van der Waals surface area (Å²) in [6.45, 7) is 4.05. The van der Waals surface area contributed by atoms with Gasteiger partial charge in [0.1, 0.15) is 0 Å². The highest BCUT2D eigenvalue weighted by Crippen LogP contribution is 2.22. The fraction of sp³-hybridized carbons (Fsp3) is 0.182. The molecular weight excluding hydrogens is 176 g/mol. The Labute approximate surface area is 81.0 Å². The SMILES string of the molecule is Cc1nc2oc3ccccc3n2c1C. The zero-order valence-electron chi connectivity index (χ0n) is 8.11. The van der Waals surface area contributed by atoms with Gasteiger partial charge >= 0.3 is 5.84 Å². The van der Waals surface area contributed by atoms with E-state index in [2.05, 4.69) is 11.9 Å². The minimum atomic E-state index is 0.682. The third-order valence-corrected chi connectivity index (χ3v) is 2.62. The van der Waals surface area contributed by atoms with Gasteiger partial charge in [-0.2, -0.15) is 4.98 Å². The van der Waals surface area contributed by atoms with Crippen molar-refractivity contribution in [3.8, 4) is 0 Å². The number of benzene rings is 1. The van der Waals surface area contributed by atoms with Crippen molar-refractivity contribution < 1.29 is 4.42 Å². The van der Waals surface area contributed by atoms with Gasteiger partial charge in [0, 0.05) is 5.69 Å². The van der Waals surface area contributed by atoms with Gasteiger partial charge in [0.2, 0.25) is 0 Å². The second kappa shape index (κ2) is 2.38. The fourth-order valence-electron chi connectivity index (χ4n) is 1.76. The average molecular weight is 186 g/mol. The molecule has 0 bridgehead atoms. The summed E-state index contributed by atoms with van der Waals surface area (Å²) < 4.78 is 7.65. The molecule has 2 heterocycles. The maximum Gasteiger partial charge on any atom is 0.307 e. The van der Waals surface area contributed by atoms with Gasteiger partial charge in [-0.1, -0.05) is 12.1 Å². The number of oxazole rings is 1. The maximum atomic E-state index is 5.61. The van der Waals surface area contributed by atoms with Gasteiger partial charge in [0.05, 0.1) is 11.2 Å². The first-order valence-electron chi connectivity index (χ1n) is 4.60. The predicted octanol–water partition coefficient (Wildman–Crippen LogP) is 2.70. The van der Waals surface area contributed by atoms with E-state index in [1.54, 1.807) is 0 Å². The third kappa shape index (κ3) is 0.789. The molecule has 0 aliphatic carbocycles. The summed E-state index contributed by atoms with van der Waals surface area (Å²) in [5, 5.41) is 0. The molecule has 0 unspecified atom stereocenters. The number of hydrogen-bond acceptors (Lipinski definition) is 2. The van der Waals surface area contributed by atoms with Crippen LogP contribution >= 0.6 is 0 Å². The van der Waals surface area contributed by atoms with Gasteiger partial charge in [-0.3, -0.25) is 4.40 Å². The van der Waals surface area contributed by atoms with Crippen molar-refractivity contribution in [2.45, 2.75) is 13.8 Å². The molecule has 0 saturated heterocycles. The molecule has 0 aliphatic heterocycles. The molecule has 3 aromatic rings. The highest BCUT2D eigenvalue weighted by molar-refractivity contribution is 5.76. The number of imidazole rings is 1. The van der Waals surface area contributed by atoms with Gasteiger partial charge in [-0.05, 0) is 26.0 Å². The number of aryl methyl sites for hydroxylation is 2. The molecule has 3 rings (SSSR count). The molecule has 0 N–H and O–H groups in total. The van der Waals surface area contributed by atoms with E-state index in [0.717, 1.165) is 22.5 Å². The number of para-hydroxylation sites is 2. The fourth-order valence-corrected chi connectivity index (χ4v) is 1.76. The Bertz CT molecular complexity index is 619. The van der Waals surface area contributed by atoms with E-state index >= 15 is 0 Å². The van der Waals surface area contributed by atoms with Gasteiger partial charge < -0.3 is 4.42 Å². The Kier molecular flexibility index (Phi) is 1.29. The number of rotatable bonds is 0. The summed E-state index contributed by atoms with van der Waals surface area (Å²) >= 11 is 0. The lowest BCUT2D eigenvalue weighted by molar-refractivity contribution is 0.640. The second-order valence-electron chi connectivity index (χ2n) is 3.47. The lowest BCUT2D eigenvalue weighted by Crippen LogP contribution is -1.84. The molecule has 0 fully saturated rings. The van der Waals surface area contributed by atoms with Crippen molar-refractivity contribution in [2.24, 2.45) is 0 Å². The molecule has 3 heteroatoms. The zero-order chi connectivity index (χ0) is 9.71. The van der Waals surface area contributed by atoms with Gasteiger partial charge in [0.25, 0.3) is 0 Å². The molecule has 0 spiro atoms. The largest absolute Gasteiger partial charge is 0.423 e. The van der Waals surface area contributed by atoms with Crippen molar-refractivity contribution >= 4 is 16.9 Å². The standard InChI is InChI=1S/C11H10N2O/c1-7-8(2)13-9-5-3-4-6-10(9)14-11(13)12-7/h3-6H,1-2H3. The molecule has 0 atom stereocenters. The maximum absolute atomic E-state index is 5.61. The lowest BCUT2D eigenvalue weighted by Gasteiger charge is -1.91. The monoisotopic (exact) mass is 186 g/mol. The van der Waals surface area contributed by atoms with E-state index < -0.39 is 0 Å². The van der Waals surface area contributed by atoms with Crippen LogP contribution in [-0.2, 0) is 0 Å². The van der Waals surface area contributed by atoms with Crippen LogP contribution in [-0.4, -0.2) is 9.38 Å². The summed E-state index contributed by atoms with van der Waals surface area (Å²) in [5.74, 6) is 0.682. The van der Waals surface area contributed by atoms with Crippen molar-refractivity contribution in [3.05, 3.63) is 35.7 Å². The van der Waals surface area contributed by atoms with Crippen molar-refractivity contribution in [1.29, 1.82) is 0 Å². The molecule has 14 heavy (non-hydrogen) atoms. The van der Waals surface area contributed by atoms with E-state index in [4.69, 9.17) is 4.42 Å². The normalized spacial score (nSPS) is 11.6. The number of aromatic nitrogens is 2. The Morgan fingerprint density at radius 2 is 2.00 bits per heavy atom. The van der Waals surface area contributed by atoms with E-state index in [-0.39, 0.29) is 0 Å². The summed E-state index contributed by atoms with van der Waals surface area (Å²) in [5.41, 5.74) is 4.14. The molecule has 0 amide bonds. The minimum absolute atomic E-state index is 0.682. The van der Waals surface area contributed by atoms with E-state index in [1.807, 2.05) is 35.6 Å². The van der Waals surface area contributed by atoms with Crippen molar-refractivity contribution in [2.75, 3.05) is 0 Å². The first kappa shape index (κ1) is 7.62. The van der Waals surface area contributed by atoms with Crippen LogP contribution in [0.5, 0.6) is 0 Å². The molecule has 0 radical (unpaired) electrons. The summed E-state index contributed by atoms with van der Waals surface area (Å²) in [7, 11) is 0. The highest BCUT2D eigenvalue weighted by atomic mass is 16.4. The Morgan fingerprint density at radius 1 is 1.21 bits per heavy atom. The Hall–Kier alpha value is -1.77. The van der Waals surface area contributed by atoms with Crippen molar-refractivity contribution in [3.63, 3.8) is 0 Å². The smallest absolute Gasteiger partial charge is 0.307 e. The first-order valence-corrected chi connectivity index (χ1v) is 4.60. The van der Waals surface area contributed by atoms with Gasteiger partial charge in [0.15, 0.2) is 5.58 Å². The first-order chi connectivity index (χ1) is 6.77. The van der Waals surface area contributed by atoms with Gasteiger partial charge in [-0.15, -0.1) is 0 Å². The summed E-state index contributed by atoms with van der Waals surface area (Å²) in [6.07, 6.45) is 0. The van der Waals surface area contributed by atoms with Crippen LogP contribution in [0.15, 0.2) is 28.7 Å².